The molecule has 2 rings (SSSR count). The first kappa shape index (κ1) is 10.9. The van der Waals surface area contributed by atoms with Crippen LogP contribution in [0.5, 0.6) is 0 Å². The third kappa shape index (κ3) is 2.33. The molecule has 0 heterocycles. The molecule has 82 valence electrons. The van der Waals surface area contributed by atoms with Crippen molar-refractivity contribution in [2.45, 2.75) is 26.7 Å². The monoisotopic (exact) mass is 210 g/mol. The van der Waals surface area contributed by atoms with Gasteiger partial charge in [0.25, 0.3) is 0 Å². The minimum absolute atomic E-state index is 0.604. The fourth-order valence-electron chi connectivity index (χ4n) is 1.81. The second kappa shape index (κ2) is 4.52. The number of aryl methyl sites for hydroxylation is 1. The second-order valence-corrected chi connectivity index (χ2v) is 4.64. The molecule has 2 aromatic rings. The summed E-state index contributed by atoms with van der Waals surface area (Å²) in [5.74, 6) is 0.604. The molecule has 0 bridgehead atoms. The molecule has 0 heteroatoms. The minimum atomic E-state index is 0.604. The molecule has 0 spiro atoms. The number of hydrogen-bond donors (Lipinski definition) is 0. The molecule has 0 aliphatic heterocycles. The zero-order valence-corrected chi connectivity index (χ0v) is 10.2. The molecule has 0 aliphatic rings. The van der Waals surface area contributed by atoms with E-state index in [0.29, 0.717) is 5.92 Å². The highest BCUT2D eigenvalue weighted by Crippen LogP contribution is 2.22. The van der Waals surface area contributed by atoms with Crippen molar-refractivity contribution in [3.05, 3.63) is 59.7 Å². The molecule has 2 aromatic carbocycles. The van der Waals surface area contributed by atoms with E-state index in [1.54, 1.807) is 0 Å². The maximum Gasteiger partial charge on any atom is -0.0184 e. The highest BCUT2D eigenvalue weighted by atomic mass is 14.1. The van der Waals surface area contributed by atoms with Crippen LogP contribution in [0.25, 0.3) is 11.1 Å². The minimum Gasteiger partial charge on any atom is -0.0587 e. The molecule has 0 N–H and O–H groups in total. The highest BCUT2D eigenvalue weighted by molar-refractivity contribution is 5.63. The van der Waals surface area contributed by atoms with E-state index in [9.17, 15) is 0 Å². The van der Waals surface area contributed by atoms with Gasteiger partial charge in [-0.1, -0.05) is 67.9 Å². The van der Waals surface area contributed by atoms with Crippen LogP contribution in [-0.2, 0) is 0 Å². The topological polar surface area (TPSA) is 0 Å². The van der Waals surface area contributed by atoms with Gasteiger partial charge in [0.15, 0.2) is 0 Å². The maximum absolute atomic E-state index is 2.22. The summed E-state index contributed by atoms with van der Waals surface area (Å²) in [6.45, 7) is 6.56. The molecule has 0 saturated carbocycles. The van der Waals surface area contributed by atoms with Crippen molar-refractivity contribution >= 4 is 0 Å². The summed E-state index contributed by atoms with van der Waals surface area (Å²) >= 11 is 0. The van der Waals surface area contributed by atoms with Gasteiger partial charge in [-0.05, 0) is 29.5 Å². The Balaban J connectivity index is 2.31. The van der Waals surface area contributed by atoms with Gasteiger partial charge in [0, 0.05) is 0 Å². The fraction of sp³-hybridized carbons (Fsp3) is 0.250. The fourth-order valence-corrected chi connectivity index (χ4v) is 1.81. The first-order chi connectivity index (χ1) is 7.66. The van der Waals surface area contributed by atoms with Crippen LogP contribution in [-0.4, -0.2) is 0 Å². The van der Waals surface area contributed by atoms with E-state index in [-0.39, 0.29) is 0 Å². The van der Waals surface area contributed by atoms with Crippen molar-refractivity contribution in [2.75, 3.05) is 0 Å². The second-order valence-electron chi connectivity index (χ2n) is 4.64. The standard InChI is InChI=1S/C16H18/c1-12(2)14-8-10-16(11-9-14)15-6-4-13(3)5-7-15/h4-12H,1-3H3. The van der Waals surface area contributed by atoms with Crippen LogP contribution in [0, 0.1) is 6.92 Å². The van der Waals surface area contributed by atoms with Gasteiger partial charge in [-0.3, -0.25) is 0 Å². The van der Waals surface area contributed by atoms with Crippen molar-refractivity contribution in [1.29, 1.82) is 0 Å². The van der Waals surface area contributed by atoms with Gasteiger partial charge in [0.05, 0.1) is 0 Å². The average molecular weight is 210 g/mol. The summed E-state index contributed by atoms with van der Waals surface area (Å²) in [6, 6.07) is 17.5. The van der Waals surface area contributed by atoms with Crippen LogP contribution < -0.4 is 0 Å². The molecule has 0 amide bonds. The van der Waals surface area contributed by atoms with Crippen molar-refractivity contribution in [3.8, 4) is 11.1 Å². The van der Waals surface area contributed by atoms with Crippen LogP contribution >= 0.6 is 0 Å². The molecule has 0 unspecified atom stereocenters. The van der Waals surface area contributed by atoms with Crippen molar-refractivity contribution in [1.82, 2.24) is 0 Å². The first-order valence-electron chi connectivity index (χ1n) is 5.84. The van der Waals surface area contributed by atoms with Gasteiger partial charge in [-0.2, -0.15) is 0 Å². The molecule has 0 aromatic heterocycles. The molecule has 0 fully saturated rings. The third-order valence-electron chi connectivity index (χ3n) is 2.96. The highest BCUT2D eigenvalue weighted by Gasteiger charge is 2.00. The van der Waals surface area contributed by atoms with Crippen molar-refractivity contribution < 1.29 is 0 Å². The van der Waals surface area contributed by atoms with E-state index in [0.717, 1.165) is 0 Å². The van der Waals surface area contributed by atoms with Crippen LogP contribution in [0.1, 0.15) is 30.9 Å². The Morgan fingerprint density at radius 3 is 1.56 bits per heavy atom. The summed E-state index contributed by atoms with van der Waals surface area (Å²) in [5, 5.41) is 0. The van der Waals surface area contributed by atoms with E-state index in [4.69, 9.17) is 0 Å². The van der Waals surface area contributed by atoms with Gasteiger partial charge < -0.3 is 0 Å². The summed E-state index contributed by atoms with van der Waals surface area (Å²) in [6.07, 6.45) is 0. The van der Waals surface area contributed by atoms with Crippen molar-refractivity contribution in [2.24, 2.45) is 0 Å². The summed E-state index contributed by atoms with van der Waals surface area (Å²) in [4.78, 5) is 0. The number of hydrogen-bond acceptors (Lipinski definition) is 0. The molecule has 0 nitrogen and oxygen atoms in total. The Morgan fingerprint density at radius 2 is 1.12 bits per heavy atom. The van der Waals surface area contributed by atoms with Crippen LogP contribution in [0.2, 0.25) is 0 Å². The molecule has 0 aliphatic carbocycles. The van der Waals surface area contributed by atoms with E-state index in [1.165, 1.54) is 22.3 Å². The van der Waals surface area contributed by atoms with Gasteiger partial charge >= 0.3 is 0 Å². The Kier molecular flexibility index (Phi) is 3.09. The first-order valence-corrected chi connectivity index (χ1v) is 5.84. The quantitative estimate of drug-likeness (QED) is 0.668. The Morgan fingerprint density at radius 1 is 0.688 bits per heavy atom. The van der Waals surface area contributed by atoms with Crippen LogP contribution in [0.3, 0.4) is 0 Å². The van der Waals surface area contributed by atoms with E-state index in [2.05, 4.69) is 69.3 Å². The Hall–Kier alpha value is -1.56. The molecular weight excluding hydrogens is 192 g/mol. The predicted octanol–water partition coefficient (Wildman–Crippen LogP) is 4.79. The van der Waals surface area contributed by atoms with Crippen LogP contribution in [0.15, 0.2) is 48.5 Å². The summed E-state index contributed by atoms with van der Waals surface area (Å²) in [7, 11) is 0. The van der Waals surface area contributed by atoms with Gasteiger partial charge in [0.1, 0.15) is 0 Å². The number of benzene rings is 2. The zero-order valence-electron chi connectivity index (χ0n) is 10.2. The lowest BCUT2D eigenvalue weighted by molar-refractivity contribution is 0.867. The van der Waals surface area contributed by atoms with E-state index in [1.807, 2.05) is 0 Å². The lowest BCUT2D eigenvalue weighted by Gasteiger charge is -2.07. The van der Waals surface area contributed by atoms with Gasteiger partial charge in [-0.25, -0.2) is 0 Å². The maximum atomic E-state index is 2.22. The largest absolute Gasteiger partial charge is 0.0587 e. The predicted molar refractivity (Wildman–Crippen MR) is 70.7 cm³/mol. The van der Waals surface area contributed by atoms with Crippen molar-refractivity contribution in [3.63, 3.8) is 0 Å². The summed E-state index contributed by atoms with van der Waals surface area (Å²) < 4.78 is 0. The van der Waals surface area contributed by atoms with Gasteiger partial charge in [-0.15, -0.1) is 0 Å². The normalized spacial score (nSPS) is 10.8. The molecular formula is C16H18. The SMILES string of the molecule is Cc1ccc(-c2ccc(C(C)C)cc2)cc1. The average Bonchev–Trinajstić information content (AvgIpc) is 2.30. The molecule has 0 radical (unpaired) electrons. The summed E-state index contributed by atoms with van der Waals surface area (Å²) in [5.41, 5.74) is 5.30. The number of rotatable bonds is 2. The van der Waals surface area contributed by atoms with E-state index >= 15 is 0 Å². The van der Waals surface area contributed by atoms with Crippen LogP contribution in [0.4, 0.5) is 0 Å². The molecule has 16 heavy (non-hydrogen) atoms. The van der Waals surface area contributed by atoms with Gasteiger partial charge in [0.2, 0.25) is 0 Å². The zero-order chi connectivity index (χ0) is 11.5. The third-order valence-corrected chi connectivity index (χ3v) is 2.96. The van der Waals surface area contributed by atoms with E-state index < -0.39 is 0 Å². The lowest BCUT2D eigenvalue weighted by Crippen LogP contribution is -1.86. The Bertz CT molecular complexity index is 446. The Labute approximate surface area is 97.9 Å². The smallest absolute Gasteiger partial charge is 0.0184 e. The molecule has 0 saturated heterocycles. The molecule has 0 atom stereocenters. The lowest BCUT2D eigenvalue weighted by atomic mass is 9.98.